The molecule has 1 aliphatic rings. The highest BCUT2D eigenvalue weighted by Gasteiger charge is 2.40. The van der Waals surface area contributed by atoms with Crippen molar-refractivity contribution >= 4 is 23.1 Å². The molecule has 30 heavy (non-hydrogen) atoms. The average Bonchev–Trinajstić information content (AvgIpc) is 3.01. The fraction of sp³-hybridized carbons (Fsp3) is 0.0833. The third kappa shape index (κ3) is 3.63. The zero-order chi connectivity index (χ0) is 21.1. The summed E-state index contributed by atoms with van der Waals surface area (Å²) < 4.78 is 10.8. The van der Waals surface area contributed by atoms with Crippen molar-refractivity contribution in [3.63, 3.8) is 0 Å². The highest BCUT2D eigenvalue weighted by Crippen LogP contribution is 2.33. The number of nitrogens with zero attached hydrogens (tertiary/aromatic N) is 1. The van der Waals surface area contributed by atoms with E-state index < -0.39 is 17.6 Å². The fourth-order valence-electron chi connectivity index (χ4n) is 3.20. The molecule has 0 atom stereocenters. The van der Waals surface area contributed by atoms with Crippen LogP contribution in [0.4, 0.5) is 5.69 Å². The monoisotopic (exact) mass is 401 g/mol. The van der Waals surface area contributed by atoms with Gasteiger partial charge in [-0.2, -0.15) is 0 Å². The number of ether oxygens (including phenoxy) is 2. The van der Waals surface area contributed by atoms with E-state index in [4.69, 9.17) is 9.47 Å². The van der Waals surface area contributed by atoms with Crippen molar-refractivity contribution < 1.29 is 24.2 Å². The molecule has 0 aromatic heterocycles. The van der Waals surface area contributed by atoms with Crippen LogP contribution in [0.2, 0.25) is 0 Å². The predicted molar refractivity (Wildman–Crippen MR) is 112 cm³/mol. The zero-order valence-corrected chi connectivity index (χ0v) is 16.2. The summed E-state index contributed by atoms with van der Waals surface area (Å²) in [5.41, 5.74) is 1.79. The number of carbonyl (C=O) groups excluding carboxylic acids is 2. The van der Waals surface area contributed by atoms with Crippen LogP contribution in [-0.2, 0) is 16.2 Å². The molecule has 6 nitrogen and oxygen atoms in total. The van der Waals surface area contributed by atoms with Gasteiger partial charge in [0.05, 0.1) is 18.4 Å². The zero-order valence-electron chi connectivity index (χ0n) is 16.2. The van der Waals surface area contributed by atoms with Crippen LogP contribution in [0, 0.1) is 0 Å². The van der Waals surface area contributed by atoms with E-state index >= 15 is 0 Å². The molecule has 1 aliphatic heterocycles. The number of methoxy groups -OCH3 is 1. The van der Waals surface area contributed by atoms with Crippen LogP contribution in [0.25, 0.3) is 5.57 Å². The van der Waals surface area contributed by atoms with Crippen molar-refractivity contribution in [1.82, 2.24) is 0 Å². The number of rotatable bonds is 6. The summed E-state index contributed by atoms with van der Waals surface area (Å²) in [6, 6.07) is 22.9. The SMILES string of the molecule is COc1ccc(C2=C(O)C(=O)N(c3ccc(OCc4ccccc4)cc3)C2=O)cc1. The van der Waals surface area contributed by atoms with Gasteiger partial charge in [-0.05, 0) is 47.5 Å². The molecule has 6 heteroatoms. The molecule has 0 saturated heterocycles. The van der Waals surface area contributed by atoms with Gasteiger partial charge in [0.25, 0.3) is 5.91 Å². The Bertz CT molecular complexity index is 1100. The van der Waals surface area contributed by atoms with Crippen molar-refractivity contribution in [3.8, 4) is 11.5 Å². The summed E-state index contributed by atoms with van der Waals surface area (Å²) >= 11 is 0. The van der Waals surface area contributed by atoms with Crippen molar-refractivity contribution in [2.24, 2.45) is 0 Å². The normalized spacial score (nSPS) is 13.7. The molecule has 0 radical (unpaired) electrons. The molecule has 0 saturated carbocycles. The van der Waals surface area contributed by atoms with Crippen molar-refractivity contribution in [3.05, 3.63) is 95.7 Å². The Labute approximate surface area is 173 Å². The number of aliphatic hydroxyl groups is 1. The third-order valence-corrected chi connectivity index (χ3v) is 4.78. The van der Waals surface area contributed by atoms with Gasteiger partial charge < -0.3 is 14.6 Å². The summed E-state index contributed by atoms with van der Waals surface area (Å²) in [4.78, 5) is 26.4. The molecule has 1 N–H and O–H groups in total. The number of amides is 2. The summed E-state index contributed by atoms with van der Waals surface area (Å²) in [6.45, 7) is 0.408. The van der Waals surface area contributed by atoms with Crippen molar-refractivity contribution in [2.45, 2.75) is 6.61 Å². The van der Waals surface area contributed by atoms with E-state index in [-0.39, 0.29) is 5.57 Å². The standard InChI is InChI=1S/C24H19NO5/c1-29-19-11-7-17(8-12-19)21-22(26)24(28)25(23(21)27)18-9-13-20(14-10-18)30-15-16-5-3-2-4-6-16/h2-14,26H,15H2,1H3. The number of benzene rings is 3. The van der Waals surface area contributed by atoms with Crippen LogP contribution >= 0.6 is 0 Å². The maximum atomic E-state index is 12.9. The van der Waals surface area contributed by atoms with Crippen LogP contribution in [-0.4, -0.2) is 24.0 Å². The van der Waals surface area contributed by atoms with E-state index in [1.807, 2.05) is 30.3 Å². The van der Waals surface area contributed by atoms with Crippen LogP contribution in [0.1, 0.15) is 11.1 Å². The van der Waals surface area contributed by atoms with E-state index in [1.165, 1.54) is 7.11 Å². The lowest BCUT2D eigenvalue weighted by Crippen LogP contribution is -2.31. The Morgan fingerprint density at radius 1 is 0.800 bits per heavy atom. The number of carbonyl (C=O) groups is 2. The van der Waals surface area contributed by atoms with E-state index in [9.17, 15) is 14.7 Å². The van der Waals surface area contributed by atoms with E-state index in [1.54, 1.807) is 48.5 Å². The lowest BCUT2D eigenvalue weighted by Gasteiger charge is -2.15. The second kappa shape index (κ2) is 8.13. The summed E-state index contributed by atoms with van der Waals surface area (Å²) in [5.74, 6) is -0.702. The van der Waals surface area contributed by atoms with Crippen LogP contribution in [0.3, 0.4) is 0 Å². The molecule has 3 aromatic rings. The van der Waals surface area contributed by atoms with Crippen LogP contribution < -0.4 is 14.4 Å². The molecule has 0 aliphatic carbocycles. The highest BCUT2D eigenvalue weighted by molar-refractivity contribution is 6.44. The Kier molecular flexibility index (Phi) is 5.22. The van der Waals surface area contributed by atoms with Gasteiger partial charge in [0.1, 0.15) is 18.1 Å². The smallest absolute Gasteiger partial charge is 0.301 e. The summed E-state index contributed by atoms with van der Waals surface area (Å²) in [7, 11) is 1.53. The first-order valence-electron chi connectivity index (χ1n) is 9.31. The van der Waals surface area contributed by atoms with E-state index in [2.05, 4.69) is 0 Å². The summed E-state index contributed by atoms with van der Waals surface area (Å²) in [5, 5.41) is 10.3. The molecule has 150 valence electrons. The lowest BCUT2D eigenvalue weighted by molar-refractivity contribution is -0.121. The largest absolute Gasteiger partial charge is 0.502 e. The second-order valence-corrected chi connectivity index (χ2v) is 6.67. The first-order chi connectivity index (χ1) is 14.6. The molecule has 4 rings (SSSR count). The van der Waals surface area contributed by atoms with E-state index in [0.717, 1.165) is 10.5 Å². The Morgan fingerprint density at radius 3 is 2.07 bits per heavy atom. The van der Waals surface area contributed by atoms with Gasteiger partial charge in [0, 0.05) is 0 Å². The number of imide groups is 1. The van der Waals surface area contributed by atoms with Crippen molar-refractivity contribution in [1.29, 1.82) is 0 Å². The molecule has 0 unspecified atom stereocenters. The summed E-state index contributed by atoms with van der Waals surface area (Å²) in [6.07, 6.45) is 0. The molecular weight excluding hydrogens is 382 g/mol. The Hall–Kier alpha value is -4.06. The molecule has 3 aromatic carbocycles. The fourth-order valence-corrected chi connectivity index (χ4v) is 3.20. The Morgan fingerprint density at radius 2 is 1.43 bits per heavy atom. The molecule has 1 heterocycles. The minimum Gasteiger partial charge on any atom is -0.502 e. The quantitative estimate of drug-likeness (QED) is 0.629. The highest BCUT2D eigenvalue weighted by atomic mass is 16.5. The molecule has 0 fully saturated rings. The van der Waals surface area contributed by atoms with Gasteiger partial charge in [0.2, 0.25) is 0 Å². The average molecular weight is 401 g/mol. The van der Waals surface area contributed by atoms with Crippen molar-refractivity contribution in [2.75, 3.05) is 12.0 Å². The van der Waals surface area contributed by atoms with Gasteiger partial charge >= 0.3 is 5.91 Å². The minimum atomic E-state index is -0.760. The van der Waals surface area contributed by atoms with Crippen LogP contribution in [0.15, 0.2) is 84.6 Å². The molecule has 2 amide bonds. The topological polar surface area (TPSA) is 76.1 Å². The number of anilines is 1. The van der Waals surface area contributed by atoms with Gasteiger partial charge in [-0.25, -0.2) is 4.90 Å². The molecular formula is C24H19NO5. The maximum Gasteiger partial charge on any atom is 0.301 e. The van der Waals surface area contributed by atoms with Gasteiger partial charge in [-0.15, -0.1) is 0 Å². The Balaban J connectivity index is 1.51. The van der Waals surface area contributed by atoms with Crippen LogP contribution in [0.5, 0.6) is 11.5 Å². The predicted octanol–water partition coefficient (Wildman–Crippen LogP) is 4.12. The number of hydrogen-bond donors (Lipinski definition) is 1. The number of hydrogen-bond acceptors (Lipinski definition) is 5. The third-order valence-electron chi connectivity index (χ3n) is 4.78. The van der Waals surface area contributed by atoms with Gasteiger partial charge in [-0.3, -0.25) is 9.59 Å². The molecule has 0 bridgehead atoms. The lowest BCUT2D eigenvalue weighted by atomic mass is 10.1. The van der Waals surface area contributed by atoms with E-state index in [0.29, 0.717) is 29.4 Å². The first-order valence-corrected chi connectivity index (χ1v) is 9.31. The maximum absolute atomic E-state index is 12.9. The minimum absolute atomic E-state index is 0.0351. The van der Waals surface area contributed by atoms with Gasteiger partial charge in [0.15, 0.2) is 5.76 Å². The molecule has 0 spiro atoms. The second-order valence-electron chi connectivity index (χ2n) is 6.67. The first kappa shape index (κ1) is 19.3. The number of aliphatic hydroxyl groups excluding tert-OH is 1. The van der Waals surface area contributed by atoms with Gasteiger partial charge in [-0.1, -0.05) is 42.5 Å².